The van der Waals surface area contributed by atoms with Crippen LogP contribution in [0, 0.1) is 11.3 Å². The number of fused-ring (bicyclic) bond motifs is 1. The molecule has 7 nitrogen and oxygen atoms in total. The van der Waals surface area contributed by atoms with Crippen molar-refractivity contribution in [1.29, 1.82) is 0 Å². The van der Waals surface area contributed by atoms with E-state index in [1.807, 2.05) is 0 Å². The van der Waals surface area contributed by atoms with Crippen molar-refractivity contribution in [3.8, 4) is 0 Å². The molecule has 2 aliphatic heterocycles. The van der Waals surface area contributed by atoms with Crippen molar-refractivity contribution in [2.45, 2.75) is 32.9 Å². The Kier molecular flexibility index (Phi) is 9.98. The molecule has 0 aromatic rings. The summed E-state index contributed by atoms with van der Waals surface area (Å²) in [5.41, 5.74) is -0.113. The molecule has 0 amide bonds. The van der Waals surface area contributed by atoms with E-state index in [9.17, 15) is 18.3 Å². The maximum absolute atomic E-state index is 12.0. The van der Waals surface area contributed by atoms with Gasteiger partial charge in [0.1, 0.15) is 0 Å². The predicted octanol–water partition coefficient (Wildman–Crippen LogP) is 1.02. The second-order valence-electron chi connectivity index (χ2n) is 6.34. The van der Waals surface area contributed by atoms with Crippen LogP contribution in [0.2, 0.25) is 0 Å². The highest BCUT2D eigenvalue weighted by Crippen LogP contribution is 2.38. The Labute approximate surface area is 144 Å². The molecule has 2 atom stereocenters. The third-order valence-corrected chi connectivity index (χ3v) is 4.00. The number of alkyl halides is 3. The molecule has 2 heterocycles. The lowest BCUT2D eigenvalue weighted by molar-refractivity contribution is -0.136. The summed E-state index contributed by atoms with van der Waals surface area (Å²) in [6.07, 6.45) is -4.60. The third kappa shape index (κ3) is 10.3. The molecule has 0 radical (unpaired) electrons. The number of aliphatic hydroxyl groups excluding tert-OH is 1. The van der Waals surface area contributed by atoms with Gasteiger partial charge in [-0.2, -0.15) is 13.2 Å². The van der Waals surface area contributed by atoms with Crippen LogP contribution in [-0.4, -0.2) is 77.7 Å². The van der Waals surface area contributed by atoms with Crippen LogP contribution < -0.4 is 5.32 Å². The van der Waals surface area contributed by atoms with Gasteiger partial charge in [-0.05, 0) is 25.4 Å². The highest BCUT2D eigenvalue weighted by molar-refractivity contribution is 5.63. The summed E-state index contributed by atoms with van der Waals surface area (Å²) in [6, 6.07) is 0. The largest absolute Gasteiger partial charge is 0.481 e. The van der Waals surface area contributed by atoms with E-state index in [0.717, 1.165) is 40.0 Å². The number of rotatable bonds is 4. The number of aliphatic hydroxyl groups is 1. The fourth-order valence-electron chi connectivity index (χ4n) is 3.03. The Hall–Kier alpha value is -1.39. The standard InChI is InChI=1S/C11H19F3N2O.2C2H4O2/c12-11(13,14)2-1-3-16-5-9-4-15-6-10(9,7-16)8-17;2*1-2(3)4/h9,15,17H,1-8H2;2*1H3,(H,3,4). The number of likely N-dealkylation sites (tertiary alicyclic amines) is 1. The molecule has 2 unspecified atom stereocenters. The highest BCUT2D eigenvalue weighted by atomic mass is 19.4. The van der Waals surface area contributed by atoms with Gasteiger partial charge in [-0.25, -0.2) is 0 Å². The first-order chi connectivity index (χ1) is 11.4. The predicted molar refractivity (Wildman–Crippen MR) is 84.2 cm³/mol. The lowest BCUT2D eigenvalue weighted by Crippen LogP contribution is -2.36. The van der Waals surface area contributed by atoms with Gasteiger partial charge in [0.05, 0.1) is 6.61 Å². The monoisotopic (exact) mass is 372 g/mol. The van der Waals surface area contributed by atoms with Gasteiger partial charge in [-0.1, -0.05) is 0 Å². The molecular formula is C15H27F3N2O5. The van der Waals surface area contributed by atoms with Crippen molar-refractivity contribution in [3.63, 3.8) is 0 Å². The molecule has 2 fully saturated rings. The van der Waals surface area contributed by atoms with E-state index in [4.69, 9.17) is 19.8 Å². The van der Waals surface area contributed by atoms with Crippen molar-refractivity contribution < 1.29 is 38.1 Å². The number of aliphatic carboxylic acids is 2. The Morgan fingerprint density at radius 1 is 1.24 bits per heavy atom. The molecule has 25 heavy (non-hydrogen) atoms. The zero-order chi connectivity index (χ0) is 19.7. The Morgan fingerprint density at radius 2 is 1.76 bits per heavy atom. The van der Waals surface area contributed by atoms with Crippen molar-refractivity contribution in [2.75, 3.05) is 39.3 Å². The zero-order valence-electron chi connectivity index (χ0n) is 14.5. The van der Waals surface area contributed by atoms with Crippen molar-refractivity contribution in [3.05, 3.63) is 0 Å². The fraction of sp³-hybridized carbons (Fsp3) is 0.867. The van der Waals surface area contributed by atoms with Gasteiger partial charge in [0.15, 0.2) is 0 Å². The maximum atomic E-state index is 12.0. The average molecular weight is 372 g/mol. The van der Waals surface area contributed by atoms with Gasteiger partial charge in [0.25, 0.3) is 11.9 Å². The van der Waals surface area contributed by atoms with Crippen LogP contribution >= 0.6 is 0 Å². The number of nitrogens with one attached hydrogen (secondary N) is 1. The summed E-state index contributed by atoms with van der Waals surface area (Å²) in [5.74, 6) is -1.28. The quantitative estimate of drug-likeness (QED) is 0.583. The fourth-order valence-corrected chi connectivity index (χ4v) is 3.03. The number of carboxylic acids is 2. The maximum Gasteiger partial charge on any atom is 0.389 e. The van der Waals surface area contributed by atoms with E-state index in [1.54, 1.807) is 0 Å². The molecular weight excluding hydrogens is 345 g/mol. The van der Waals surface area contributed by atoms with E-state index >= 15 is 0 Å². The Bertz CT molecular complexity index is 414. The van der Waals surface area contributed by atoms with Crippen LogP contribution in [0.3, 0.4) is 0 Å². The molecule has 0 aromatic heterocycles. The molecule has 148 valence electrons. The molecule has 0 spiro atoms. The van der Waals surface area contributed by atoms with E-state index in [0.29, 0.717) is 12.5 Å². The molecule has 2 rings (SSSR count). The summed E-state index contributed by atoms with van der Waals surface area (Å²) < 4.78 is 36.1. The summed E-state index contributed by atoms with van der Waals surface area (Å²) in [4.78, 5) is 20.1. The minimum atomic E-state index is -4.05. The van der Waals surface area contributed by atoms with Crippen LogP contribution in [0.5, 0.6) is 0 Å². The van der Waals surface area contributed by atoms with Crippen LogP contribution in [0.15, 0.2) is 0 Å². The topological polar surface area (TPSA) is 110 Å². The van der Waals surface area contributed by atoms with Gasteiger partial charge in [-0.3, -0.25) is 9.59 Å². The molecule has 10 heteroatoms. The van der Waals surface area contributed by atoms with Crippen LogP contribution in [0.25, 0.3) is 0 Å². The lowest BCUT2D eigenvalue weighted by atomic mass is 9.82. The van der Waals surface area contributed by atoms with Gasteiger partial charge < -0.3 is 25.5 Å². The molecule has 0 saturated carbocycles. The van der Waals surface area contributed by atoms with Crippen molar-refractivity contribution >= 4 is 11.9 Å². The SMILES string of the molecule is CC(=O)O.CC(=O)O.OCC12CNCC1CN(CCCC(F)(F)F)C2. The molecule has 0 aromatic carbocycles. The summed E-state index contributed by atoms with van der Waals surface area (Å²) in [7, 11) is 0. The summed E-state index contributed by atoms with van der Waals surface area (Å²) in [6.45, 7) is 5.96. The first kappa shape index (κ1) is 23.6. The minimum Gasteiger partial charge on any atom is -0.481 e. The second kappa shape index (κ2) is 10.6. The third-order valence-electron chi connectivity index (χ3n) is 4.00. The first-order valence-corrected chi connectivity index (χ1v) is 7.91. The molecule has 2 aliphatic rings. The second-order valence-corrected chi connectivity index (χ2v) is 6.34. The number of carbonyl (C=O) groups is 2. The van der Waals surface area contributed by atoms with Crippen molar-refractivity contribution in [2.24, 2.45) is 11.3 Å². The smallest absolute Gasteiger partial charge is 0.389 e. The van der Waals surface area contributed by atoms with E-state index in [1.165, 1.54) is 0 Å². The number of carboxylic acid groups (broad SMARTS) is 2. The molecule has 4 N–H and O–H groups in total. The number of nitrogens with zero attached hydrogens (tertiary/aromatic N) is 1. The normalized spacial score (nSPS) is 25.3. The zero-order valence-corrected chi connectivity index (χ0v) is 14.5. The number of halogens is 3. The van der Waals surface area contributed by atoms with Gasteiger partial charge in [0, 0.05) is 45.3 Å². The van der Waals surface area contributed by atoms with Crippen LogP contribution in [0.1, 0.15) is 26.7 Å². The minimum absolute atomic E-state index is 0.113. The van der Waals surface area contributed by atoms with E-state index in [2.05, 4.69) is 10.2 Å². The summed E-state index contributed by atoms with van der Waals surface area (Å²) in [5, 5.41) is 27.5. The van der Waals surface area contributed by atoms with Crippen LogP contribution in [0.4, 0.5) is 13.2 Å². The van der Waals surface area contributed by atoms with E-state index < -0.39 is 24.5 Å². The van der Waals surface area contributed by atoms with Gasteiger partial charge in [-0.15, -0.1) is 0 Å². The van der Waals surface area contributed by atoms with Crippen LogP contribution in [-0.2, 0) is 9.59 Å². The van der Waals surface area contributed by atoms with Gasteiger partial charge in [0.2, 0.25) is 0 Å². The van der Waals surface area contributed by atoms with Crippen molar-refractivity contribution in [1.82, 2.24) is 10.2 Å². The molecule has 2 saturated heterocycles. The lowest BCUT2D eigenvalue weighted by Gasteiger charge is -2.25. The number of hydrogen-bond acceptors (Lipinski definition) is 5. The Morgan fingerprint density at radius 3 is 2.16 bits per heavy atom. The average Bonchev–Trinajstić information content (AvgIpc) is 2.92. The Balaban J connectivity index is 0.000000609. The highest BCUT2D eigenvalue weighted by Gasteiger charge is 2.48. The summed E-state index contributed by atoms with van der Waals surface area (Å²) >= 11 is 0. The number of hydrogen-bond donors (Lipinski definition) is 4. The van der Waals surface area contributed by atoms with Gasteiger partial charge >= 0.3 is 6.18 Å². The molecule has 0 aliphatic carbocycles. The molecule has 0 bridgehead atoms. The van der Waals surface area contributed by atoms with E-state index in [-0.39, 0.29) is 18.4 Å². The first-order valence-electron chi connectivity index (χ1n) is 7.91.